The number of benzene rings is 9. The molecule has 0 bridgehead atoms. The Morgan fingerprint density at radius 2 is 0.717 bits per heavy atom. The number of rotatable bonds is 10. The van der Waals surface area contributed by atoms with Crippen LogP contribution in [0.15, 0.2) is 224 Å². The van der Waals surface area contributed by atoms with E-state index in [1.54, 1.807) is 0 Å². The first-order chi connectivity index (χ1) is 29.6. The van der Waals surface area contributed by atoms with Crippen molar-refractivity contribution >= 4 is 38.9 Å². The van der Waals surface area contributed by atoms with Crippen molar-refractivity contribution in [2.24, 2.45) is 0 Å². The molecule has 0 saturated heterocycles. The fourth-order valence-electron chi connectivity index (χ4n) is 8.59. The second-order valence-corrected chi connectivity index (χ2v) is 15.8. The minimum Gasteiger partial charge on any atom is -0.311 e. The van der Waals surface area contributed by atoms with Crippen molar-refractivity contribution in [2.45, 2.75) is 26.2 Å². The molecule has 288 valence electrons. The molecule has 0 fully saturated rings. The SMILES string of the molecule is CCC(C)c1ccc(-c2ccc(-c3ccc4c(c3)c3cc(-c5ccc(N(c6ccccc6)c6ccc(-c7ccccc7)cc6)cc5)ccc3n4-c3ccccc3)cc2)cc1. The van der Waals surface area contributed by atoms with Crippen molar-refractivity contribution in [1.82, 2.24) is 4.57 Å². The van der Waals surface area contributed by atoms with Crippen LogP contribution in [-0.2, 0) is 0 Å². The summed E-state index contributed by atoms with van der Waals surface area (Å²) >= 11 is 0. The maximum Gasteiger partial charge on any atom is 0.0541 e. The summed E-state index contributed by atoms with van der Waals surface area (Å²) in [5.74, 6) is 0.576. The highest BCUT2D eigenvalue weighted by atomic mass is 15.1. The molecule has 2 heteroatoms. The summed E-state index contributed by atoms with van der Waals surface area (Å²) in [7, 11) is 0. The highest BCUT2D eigenvalue weighted by molar-refractivity contribution is 6.11. The van der Waals surface area contributed by atoms with E-state index < -0.39 is 0 Å². The maximum absolute atomic E-state index is 2.40. The first-order valence-electron chi connectivity index (χ1n) is 21.1. The predicted octanol–water partition coefficient (Wildman–Crippen LogP) is 16.4. The van der Waals surface area contributed by atoms with E-state index in [0.29, 0.717) is 5.92 Å². The molecule has 9 aromatic carbocycles. The Morgan fingerprint density at radius 1 is 0.367 bits per heavy atom. The molecule has 1 heterocycles. The molecule has 0 N–H and O–H groups in total. The molecule has 1 atom stereocenters. The number of fused-ring (bicyclic) bond motifs is 3. The van der Waals surface area contributed by atoms with Crippen LogP contribution in [-0.4, -0.2) is 4.57 Å². The van der Waals surface area contributed by atoms with Gasteiger partial charge in [-0.25, -0.2) is 0 Å². The fraction of sp³-hybridized carbons (Fsp3) is 0.0690. The van der Waals surface area contributed by atoms with Gasteiger partial charge >= 0.3 is 0 Å². The van der Waals surface area contributed by atoms with Gasteiger partial charge in [0.25, 0.3) is 0 Å². The molecule has 1 unspecified atom stereocenters. The van der Waals surface area contributed by atoms with Gasteiger partial charge in [-0.2, -0.15) is 0 Å². The number of nitrogens with zero attached hydrogens (tertiary/aromatic N) is 2. The van der Waals surface area contributed by atoms with Gasteiger partial charge in [-0.3, -0.25) is 0 Å². The smallest absolute Gasteiger partial charge is 0.0541 e. The Kier molecular flexibility index (Phi) is 9.89. The van der Waals surface area contributed by atoms with E-state index in [-0.39, 0.29) is 0 Å². The first-order valence-corrected chi connectivity index (χ1v) is 21.1. The lowest BCUT2D eigenvalue weighted by Gasteiger charge is -2.26. The molecule has 0 aliphatic rings. The Hall–Kier alpha value is -7.42. The molecule has 0 spiro atoms. The van der Waals surface area contributed by atoms with Gasteiger partial charge in [0.15, 0.2) is 0 Å². The average molecular weight is 771 g/mol. The molecule has 1 aromatic heterocycles. The molecule has 0 saturated carbocycles. The Labute approximate surface area is 353 Å². The van der Waals surface area contributed by atoms with Crippen molar-refractivity contribution in [1.29, 1.82) is 0 Å². The number of hydrogen-bond donors (Lipinski definition) is 0. The molecule has 60 heavy (non-hydrogen) atoms. The van der Waals surface area contributed by atoms with Gasteiger partial charge < -0.3 is 9.47 Å². The average Bonchev–Trinajstić information content (AvgIpc) is 3.66. The van der Waals surface area contributed by atoms with Crippen LogP contribution in [0.2, 0.25) is 0 Å². The van der Waals surface area contributed by atoms with Gasteiger partial charge in [-0.05, 0) is 135 Å². The molecule has 2 nitrogen and oxygen atoms in total. The molecule has 10 rings (SSSR count). The maximum atomic E-state index is 2.40. The number of para-hydroxylation sites is 2. The van der Waals surface area contributed by atoms with E-state index >= 15 is 0 Å². The second kappa shape index (κ2) is 16.1. The lowest BCUT2D eigenvalue weighted by atomic mass is 9.95. The highest BCUT2D eigenvalue weighted by Gasteiger charge is 2.17. The van der Waals surface area contributed by atoms with E-state index in [9.17, 15) is 0 Å². The van der Waals surface area contributed by atoms with E-state index in [1.807, 2.05) is 0 Å². The van der Waals surface area contributed by atoms with Crippen LogP contribution in [0.4, 0.5) is 17.1 Å². The lowest BCUT2D eigenvalue weighted by Crippen LogP contribution is -2.09. The predicted molar refractivity (Wildman–Crippen MR) is 256 cm³/mol. The second-order valence-electron chi connectivity index (χ2n) is 15.8. The standard InChI is InChI=1S/C58H46N2/c1-3-41(2)42-19-21-44(22-20-42)45-23-25-47(26-24-45)49-31-37-57-55(39-49)56-40-50(32-38-58(56)60(57)52-17-11-6-12-18-52)48-29-35-54(36-30-48)59(51-15-9-5-10-16-51)53-33-27-46(28-34-53)43-13-7-4-8-14-43/h4-41H,3H2,1-2H3. The van der Waals surface area contributed by atoms with Crippen molar-refractivity contribution in [3.8, 4) is 50.2 Å². The van der Waals surface area contributed by atoms with E-state index in [0.717, 1.165) is 29.2 Å². The van der Waals surface area contributed by atoms with Crippen molar-refractivity contribution in [2.75, 3.05) is 4.90 Å². The molecule has 0 amide bonds. The first kappa shape index (κ1) is 36.9. The molecule has 0 radical (unpaired) electrons. The van der Waals surface area contributed by atoms with Crippen LogP contribution >= 0.6 is 0 Å². The Bertz CT molecular complexity index is 3020. The summed E-state index contributed by atoms with van der Waals surface area (Å²) in [6.45, 7) is 4.54. The largest absolute Gasteiger partial charge is 0.311 e. The van der Waals surface area contributed by atoms with Crippen LogP contribution in [0.25, 0.3) is 72.0 Å². The third-order valence-electron chi connectivity index (χ3n) is 12.1. The van der Waals surface area contributed by atoms with E-state index in [1.165, 1.54) is 71.9 Å². The van der Waals surface area contributed by atoms with Crippen molar-refractivity contribution in [3.05, 3.63) is 230 Å². The quantitative estimate of drug-likeness (QED) is 0.134. The van der Waals surface area contributed by atoms with Crippen LogP contribution < -0.4 is 4.90 Å². The highest BCUT2D eigenvalue weighted by Crippen LogP contribution is 2.40. The Balaban J connectivity index is 1.01. The van der Waals surface area contributed by atoms with Crippen molar-refractivity contribution < 1.29 is 0 Å². The summed E-state index contributed by atoms with van der Waals surface area (Å²) in [6.07, 6.45) is 1.15. The topological polar surface area (TPSA) is 8.17 Å². The summed E-state index contributed by atoms with van der Waals surface area (Å²) in [5, 5.41) is 2.48. The minimum absolute atomic E-state index is 0.576. The monoisotopic (exact) mass is 770 g/mol. The number of aromatic nitrogens is 1. The molecule has 0 aliphatic carbocycles. The van der Waals surface area contributed by atoms with Crippen LogP contribution in [0.3, 0.4) is 0 Å². The number of anilines is 3. The van der Waals surface area contributed by atoms with Gasteiger partial charge in [0.05, 0.1) is 11.0 Å². The third-order valence-corrected chi connectivity index (χ3v) is 12.1. The lowest BCUT2D eigenvalue weighted by molar-refractivity contribution is 0.734. The molecule has 10 aromatic rings. The van der Waals surface area contributed by atoms with Gasteiger partial charge in [0, 0.05) is 33.5 Å². The van der Waals surface area contributed by atoms with E-state index in [4.69, 9.17) is 0 Å². The minimum atomic E-state index is 0.576. The third kappa shape index (κ3) is 7.07. The van der Waals surface area contributed by atoms with Crippen molar-refractivity contribution in [3.63, 3.8) is 0 Å². The summed E-state index contributed by atoms with van der Waals surface area (Å²) in [4.78, 5) is 2.33. The van der Waals surface area contributed by atoms with Gasteiger partial charge in [-0.1, -0.05) is 166 Å². The zero-order valence-electron chi connectivity index (χ0n) is 34.0. The van der Waals surface area contributed by atoms with Crippen LogP contribution in [0.5, 0.6) is 0 Å². The summed E-state index contributed by atoms with van der Waals surface area (Å²) in [6, 6.07) is 81.7. The van der Waals surface area contributed by atoms with Gasteiger partial charge in [0.1, 0.15) is 0 Å². The molecule has 0 aliphatic heterocycles. The number of hydrogen-bond acceptors (Lipinski definition) is 1. The van der Waals surface area contributed by atoms with Crippen LogP contribution in [0.1, 0.15) is 31.7 Å². The van der Waals surface area contributed by atoms with Gasteiger partial charge in [0.2, 0.25) is 0 Å². The summed E-state index contributed by atoms with van der Waals surface area (Å²) in [5.41, 5.74) is 18.0. The normalized spacial score (nSPS) is 11.8. The van der Waals surface area contributed by atoms with Crippen LogP contribution in [0, 0.1) is 0 Å². The molecular formula is C58H46N2. The van der Waals surface area contributed by atoms with E-state index in [2.05, 4.69) is 248 Å². The Morgan fingerprint density at radius 3 is 1.18 bits per heavy atom. The zero-order valence-corrected chi connectivity index (χ0v) is 34.0. The summed E-state index contributed by atoms with van der Waals surface area (Å²) < 4.78 is 2.40. The van der Waals surface area contributed by atoms with Gasteiger partial charge in [-0.15, -0.1) is 0 Å². The fourth-order valence-corrected chi connectivity index (χ4v) is 8.59. The molecular weight excluding hydrogens is 725 g/mol. The zero-order chi connectivity index (χ0) is 40.4.